The van der Waals surface area contributed by atoms with Crippen molar-refractivity contribution in [3.8, 4) is 0 Å². The van der Waals surface area contributed by atoms with Crippen molar-refractivity contribution >= 4 is 23.4 Å². The van der Waals surface area contributed by atoms with Crippen LogP contribution in [0, 0.1) is 6.92 Å². The number of aryl methyl sites for hydroxylation is 1. The molecular formula is C12H14ClN3O3. The van der Waals surface area contributed by atoms with Gasteiger partial charge in [0, 0.05) is 17.8 Å². The lowest BCUT2D eigenvalue weighted by Crippen LogP contribution is -2.54. The summed E-state index contributed by atoms with van der Waals surface area (Å²) in [6, 6.07) is 2.36. The molecule has 0 bridgehead atoms. The Labute approximate surface area is 115 Å². The molecule has 0 spiro atoms. The third kappa shape index (κ3) is 3.02. The van der Waals surface area contributed by atoms with Gasteiger partial charge in [0.1, 0.15) is 11.2 Å². The van der Waals surface area contributed by atoms with Crippen LogP contribution in [0.15, 0.2) is 12.1 Å². The van der Waals surface area contributed by atoms with E-state index in [4.69, 9.17) is 22.1 Å². The maximum absolute atomic E-state index is 12.4. The number of primary amides is 1. The highest BCUT2D eigenvalue weighted by Gasteiger charge is 2.32. The largest absolute Gasteiger partial charge is 0.377 e. The van der Waals surface area contributed by atoms with Crippen molar-refractivity contribution in [1.82, 2.24) is 9.88 Å². The molecule has 1 unspecified atom stereocenters. The maximum atomic E-state index is 12.4. The van der Waals surface area contributed by atoms with E-state index in [9.17, 15) is 9.59 Å². The van der Waals surface area contributed by atoms with Gasteiger partial charge in [0.05, 0.1) is 13.2 Å². The Balaban J connectivity index is 2.28. The number of carbonyl (C=O) groups excluding carboxylic acids is 2. The maximum Gasteiger partial charge on any atom is 0.254 e. The van der Waals surface area contributed by atoms with Crippen LogP contribution in [0.25, 0.3) is 0 Å². The van der Waals surface area contributed by atoms with E-state index >= 15 is 0 Å². The molecule has 1 aliphatic rings. The SMILES string of the molecule is Cc1cc(C(=O)N2CCOCC2C(N)=O)cc(Cl)n1. The zero-order chi connectivity index (χ0) is 14.0. The minimum atomic E-state index is -0.742. The number of hydrogen-bond acceptors (Lipinski definition) is 4. The number of nitrogens with two attached hydrogens (primary N) is 1. The summed E-state index contributed by atoms with van der Waals surface area (Å²) < 4.78 is 5.17. The summed E-state index contributed by atoms with van der Waals surface area (Å²) in [7, 11) is 0. The van der Waals surface area contributed by atoms with Crippen molar-refractivity contribution in [3.63, 3.8) is 0 Å². The number of pyridine rings is 1. The van der Waals surface area contributed by atoms with Gasteiger partial charge >= 0.3 is 0 Å². The van der Waals surface area contributed by atoms with Gasteiger partial charge in [-0.2, -0.15) is 0 Å². The normalized spacial score (nSPS) is 19.3. The van der Waals surface area contributed by atoms with Crippen molar-refractivity contribution in [2.24, 2.45) is 5.73 Å². The zero-order valence-electron chi connectivity index (χ0n) is 10.4. The van der Waals surface area contributed by atoms with Gasteiger partial charge in [-0.3, -0.25) is 9.59 Å². The average molecular weight is 284 g/mol. The molecular weight excluding hydrogens is 270 g/mol. The van der Waals surface area contributed by atoms with Gasteiger partial charge in [-0.25, -0.2) is 4.98 Å². The third-order valence-corrected chi connectivity index (χ3v) is 3.08. The predicted molar refractivity (Wildman–Crippen MR) is 68.8 cm³/mol. The molecule has 0 radical (unpaired) electrons. The molecule has 0 aromatic carbocycles. The van der Waals surface area contributed by atoms with Crippen LogP contribution in [0.1, 0.15) is 16.1 Å². The van der Waals surface area contributed by atoms with Crippen molar-refractivity contribution in [1.29, 1.82) is 0 Å². The van der Waals surface area contributed by atoms with Crippen LogP contribution in [0.2, 0.25) is 5.15 Å². The number of amides is 2. The van der Waals surface area contributed by atoms with Gasteiger partial charge in [-0.1, -0.05) is 11.6 Å². The van der Waals surface area contributed by atoms with Crippen LogP contribution in [0.5, 0.6) is 0 Å². The van der Waals surface area contributed by atoms with Gasteiger partial charge in [0.25, 0.3) is 5.91 Å². The molecule has 7 heteroatoms. The van der Waals surface area contributed by atoms with Crippen molar-refractivity contribution in [2.45, 2.75) is 13.0 Å². The van der Waals surface area contributed by atoms with Gasteiger partial charge in [-0.15, -0.1) is 0 Å². The second-order valence-corrected chi connectivity index (χ2v) is 4.70. The molecule has 1 atom stereocenters. The van der Waals surface area contributed by atoms with E-state index in [1.807, 2.05) is 0 Å². The molecule has 2 heterocycles. The van der Waals surface area contributed by atoms with Crippen LogP contribution in [-0.2, 0) is 9.53 Å². The first-order valence-electron chi connectivity index (χ1n) is 5.81. The first-order valence-corrected chi connectivity index (χ1v) is 6.19. The molecule has 102 valence electrons. The molecule has 1 aromatic heterocycles. The lowest BCUT2D eigenvalue weighted by molar-refractivity contribution is -0.127. The van der Waals surface area contributed by atoms with Crippen LogP contribution in [0.3, 0.4) is 0 Å². The molecule has 1 aromatic rings. The van der Waals surface area contributed by atoms with Crippen LogP contribution in [0.4, 0.5) is 0 Å². The lowest BCUT2D eigenvalue weighted by Gasteiger charge is -2.33. The molecule has 2 amide bonds. The molecule has 1 saturated heterocycles. The fraction of sp³-hybridized carbons (Fsp3) is 0.417. The summed E-state index contributed by atoms with van der Waals surface area (Å²) in [5.41, 5.74) is 6.31. The van der Waals surface area contributed by atoms with Gasteiger partial charge in [-0.05, 0) is 19.1 Å². The molecule has 2 N–H and O–H groups in total. The summed E-state index contributed by atoms with van der Waals surface area (Å²) in [6.45, 7) is 2.57. The Morgan fingerprint density at radius 2 is 2.26 bits per heavy atom. The number of aromatic nitrogens is 1. The minimum Gasteiger partial charge on any atom is -0.377 e. The first-order chi connectivity index (χ1) is 8.99. The number of carbonyl (C=O) groups is 2. The van der Waals surface area contributed by atoms with Crippen molar-refractivity contribution < 1.29 is 14.3 Å². The molecule has 19 heavy (non-hydrogen) atoms. The second-order valence-electron chi connectivity index (χ2n) is 4.31. The summed E-state index contributed by atoms with van der Waals surface area (Å²) >= 11 is 5.83. The van der Waals surface area contributed by atoms with Crippen LogP contribution < -0.4 is 5.73 Å². The highest BCUT2D eigenvalue weighted by atomic mass is 35.5. The minimum absolute atomic E-state index is 0.124. The number of hydrogen-bond donors (Lipinski definition) is 1. The van der Waals surface area contributed by atoms with E-state index in [1.165, 1.54) is 11.0 Å². The van der Waals surface area contributed by atoms with E-state index < -0.39 is 11.9 Å². The highest BCUT2D eigenvalue weighted by Crippen LogP contribution is 2.16. The van der Waals surface area contributed by atoms with Crippen molar-refractivity contribution in [2.75, 3.05) is 19.8 Å². The van der Waals surface area contributed by atoms with Gasteiger partial charge in [0.2, 0.25) is 5.91 Å². The Bertz CT molecular complexity index is 501. The van der Waals surface area contributed by atoms with E-state index in [2.05, 4.69) is 4.98 Å². The fourth-order valence-electron chi connectivity index (χ4n) is 2.00. The number of halogens is 1. The quantitative estimate of drug-likeness (QED) is 0.795. The summed E-state index contributed by atoms with van der Waals surface area (Å²) in [5.74, 6) is -0.871. The monoisotopic (exact) mass is 283 g/mol. The highest BCUT2D eigenvalue weighted by molar-refractivity contribution is 6.29. The predicted octanol–water partition coefficient (Wildman–Crippen LogP) is 0.370. The second kappa shape index (κ2) is 5.54. The lowest BCUT2D eigenvalue weighted by atomic mass is 10.1. The van der Waals surface area contributed by atoms with Crippen molar-refractivity contribution in [3.05, 3.63) is 28.5 Å². The Hall–Kier alpha value is -1.66. The number of nitrogens with zero attached hydrogens (tertiary/aromatic N) is 2. The zero-order valence-corrected chi connectivity index (χ0v) is 11.2. The molecule has 0 saturated carbocycles. The number of morpholine rings is 1. The number of ether oxygens (including phenoxy) is 1. The fourth-order valence-corrected chi connectivity index (χ4v) is 2.25. The van der Waals surface area contributed by atoms with E-state index in [0.29, 0.717) is 24.4 Å². The standard InChI is InChI=1S/C12H14ClN3O3/c1-7-4-8(5-10(13)15-7)12(18)16-2-3-19-6-9(16)11(14)17/h4-5,9H,2-3,6H2,1H3,(H2,14,17). The molecule has 0 aliphatic carbocycles. The van der Waals surface area contributed by atoms with E-state index in [1.54, 1.807) is 13.0 Å². The van der Waals surface area contributed by atoms with Crippen LogP contribution >= 0.6 is 11.6 Å². The topological polar surface area (TPSA) is 85.5 Å². The Morgan fingerprint density at radius 1 is 1.53 bits per heavy atom. The Morgan fingerprint density at radius 3 is 2.89 bits per heavy atom. The number of rotatable bonds is 2. The van der Waals surface area contributed by atoms with Crippen LogP contribution in [-0.4, -0.2) is 47.5 Å². The average Bonchev–Trinajstić information content (AvgIpc) is 2.36. The molecule has 1 aliphatic heterocycles. The molecule has 6 nitrogen and oxygen atoms in total. The van der Waals surface area contributed by atoms with E-state index in [-0.39, 0.29) is 17.7 Å². The Kier molecular flexibility index (Phi) is 4.01. The van der Waals surface area contributed by atoms with E-state index in [0.717, 1.165) is 0 Å². The summed E-state index contributed by atoms with van der Waals surface area (Å²) in [5, 5.41) is 0.243. The van der Waals surface area contributed by atoms with Gasteiger partial charge < -0.3 is 15.4 Å². The molecule has 1 fully saturated rings. The van der Waals surface area contributed by atoms with Gasteiger partial charge in [0.15, 0.2) is 0 Å². The molecule has 2 rings (SSSR count). The smallest absolute Gasteiger partial charge is 0.254 e. The summed E-state index contributed by atoms with van der Waals surface area (Å²) in [4.78, 5) is 29.1. The third-order valence-electron chi connectivity index (χ3n) is 2.89. The summed E-state index contributed by atoms with van der Waals surface area (Å²) in [6.07, 6.45) is 0. The first kappa shape index (κ1) is 13.8.